The molecule has 3 rings (SSSR count). The monoisotopic (exact) mass is 310 g/mol. The maximum atomic E-state index is 13.0. The maximum absolute atomic E-state index is 13.0. The Bertz CT molecular complexity index is 747. The van der Waals surface area contributed by atoms with E-state index in [1.807, 2.05) is 35.2 Å². The first-order valence-electron chi connectivity index (χ1n) is 8.08. The molecule has 1 amide bonds. The van der Waals surface area contributed by atoms with E-state index in [1.165, 1.54) is 23.5 Å². The van der Waals surface area contributed by atoms with Crippen LogP contribution in [0.4, 0.5) is 0 Å². The Morgan fingerprint density at radius 3 is 2.57 bits per heavy atom. The van der Waals surface area contributed by atoms with Gasteiger partial charge >= 0.3 is 0 Å². The third kappa shape index (κ3) is 3.52. The lowest BCUT2D eigenvalue weighted by atomic mass is 10.1. The van der Waals surface area contributed by atoms with Gasteiger partial charge in [-0.15, -0.1) is 0 Å². The molecule has 1 heterocycles. The van der Waals surface area contributed by atoms with Crippen LogP contribution in [0, 0.1) is 5.92 Å². The van der Waals surface area contributed by atoms with E-state index in [4.69, 9.17) is 0 Å². The van der Waals surface area contributed by atoms with E-state index in [9.17, 15) is 9.59 Å². The Labute approximate surface area is 136 Å². The van der Waals surface area contributed by atoms with E-state index in [0.29, 0.717) is 18.0 Å². The van der Waals surface area contributed by atoms with Gasteiger partial charge in [0.15, 0.2) is 0 Å². The minimum Gasteiger partial charge on any atom is -0.331 e. The molecule has 1 aromatic carbocycles. The minimum absolute atomic E-state index is 0.0639. The molecule has 0 saturated heterocycles. The van der Waals surface area contributed by atoms with E-state index in [0.717, 1.165) is 5.56 Å². The van der Waals surface area contributed by atoms with E-state index >= 15 is 0 Å². The smallest absolute Gasteiger partial charge is 0.254 e. The molecule has 0 radical (unpaired) electrons. The predicted molar refractivity (Wildman–Crippen MR) is 90.2 cm³/mol. The number of carbonyl (C=O) groups is 1. The molecule has 120 valence electrons. The summed E-state index contributed by atoms with van der Waals surface area (Å²) >= 11 is 0. The van der Waals surface area contributed by atoms with Gasteiger partial charge in [0.1, 0.15) is 0 Å². The molecule has 1 atom stereocenters. The molecule has 1 fully saturated rings. The first-order valence-corrected chi connectivity index (χ1v) is 8.08. The first-order chi connectivity index (χ1) is 11.1. The van der Waals surface area contributed by atoms with Crippen LogP contribution in [0.3, 0.4) is 0 Å². The Kier molecular flexibility index (Phi) is 4.33. The van der Waals surface area contributed by atoms with Crippen molar-refractivity contribution < 1.29 is 4.79 Å². The molecule has 1 saturated carbocycles. The maximum Gasteiger partial charge on any atom is 0.254 e. The van der Waals surface area contributed by atoms with Crippen LogP contribution in [-0.4, -0.2) is 21.4 Å². The van der Waals surface area contributed by atoms with Gasteiger partial charge in [-0.05, 0) is 37.3 Å². The molecule has 2 aromatic rings. The summed E-state index contributed by atoms with van der Waals surface area (Å²) in [6.45, 7) is 2.69. The van der Waals surface area contributed by atoms with E-state index in [2.05, 4.69) is 6.92 Å². The van der Waals surface area contributed by atoms with Crippen LogP contribution in [0.1, 0.15) is 35.7 Å². The van der Waals surface area contributed by atoms with Crippen molar-refractivity contribution in [3.63, 3.8) is 0 Å². The van der Waals surface area contributed by atoms with Crippen LogP contribution < -0.4 is 5.56 Å². The molecule has 0 bridgehead atoms. The second-order valence-electron chi connectivity index (χ2n) is 6.36. The highest BCUT2D eigenvalue weighted by atomic mass is 16.2. The van der Waals surface area contributed by atoms with Gasteiger partial charge in [0.05, 0.1) is 0 Å². The summed E-state index contributed by atoms with van der Waals surface area (Å²) in [4.78, 5) is 26.7. The van der Waals surface area contributed by atoms with E-state index in [1.54, 1.807) is 19.3 Å². The van der Waals surface area contributed by atoms with Gasteiger partial charge in [-0.1, -0.05) is 30.3 Å². The zero-order chi connectivity index (χ0) is 16.4. The third-order valence-electron chi connectivity index (χ3n) is 4.60. The van der Waals surface area contributed by atoms with Crippen molar-refractivity contribution in [2.75, 3.05) is 0 Å². The number of hydrogen-bond donors (Lipinski definition) is 0. The largest absolute Gasteiger partial charge is 0.331 e. The summed E-state index contributed by atoms with van der Waals surface area (Å²) in [6.07, 6.45) is 4.00. The van der Waals surface area contributed by atoms with Crippen molar-refractivity contribution in [1.82, 2.24) is 9.47 Å². The molecule has 1 aliphatic rings. The van der Waals surface area contributed by atoms with Gasteiger partial charge in [0.25, 0.3) is 11.5 Å². The van der Waals surface area contributed by atoms with Crippen molar-refractivity contribution in [2.45, 2.75) is 32.4 Å². The lowest BCUT2D eigenvalue weighted by Gasteiger charge is -2.29. The van der Waals surface area contributed by atoms with Crippen molar-refractivity contribution in [1.29, 1.82) is 0 Å². The standard InChI is InChI=1S/C19H22N2O2/c1-14(16-8-9-16)21(13-15-6-4-3-5-7-15)19(23)17-10-11-20(2)18(22)12-17/h3-7,10-12,14,16H,8-9,13H2,1-2H3. The van der Waals surface area contributed by atoms with Gasteiger partial charge in [-0.2, -0.15) is 0 Å². The van der Waals surface area contributed by atoms with Gasteiger partial charge in [0.2, 0.25) is 0 Å². The molecule has 0 aliphatic heterocycles. The van der Waals surface area contributed by atoms with Gasteiger partial charge < -0.3 is 9.47 Å². The highest BCUT2D eigenvalue weighted by molar-refractivity contribution is 5.94. The van der Waals surface area contributed by atoms with Crippen molar-refractivity contribution in [3.05, 3.63) is 70.1 Å². The lowest BCUT2D eigenvalue weighted by Crippen LogP contribution is -2.40. The first kappa shape index (κ1) is 15.5. The second kappa shape index (κ2) is 6.41. The van der Waals surface area contributed by atoms with Crippen LogP contribution >= 0.6 is 0 Å². The number of nitrogens with zero attached hydrogens (tertiary/aromatic N) is 2. The average molecular weight is 310 g/mol. The molecule has 4 heteroatoms. The summed E-state index contributed by atoms with van der Waals surface area (Å²) in [6, 6.07) is 13.3. The van der Waals surface area contributed by atoms with Gasteiger partial charge in [-0.3, -0.25) is 9.59 Å². The fraction of sp³-hybridized carbons (Fsp3) is 0.368. The van der Waals surface area contributed by atoms with Gasteiger partial charge in [0, 0.05) is 37.5 Å². The zero-order valence-electron chi connectivity index (χ0n) is 13.6. The number of hydrogen-bond acceptors (Lipinski definition) is 2. The summed E-state index contributed by atoms with van der Waals surface area (Å²) in [5.74, 6) is 0.514. The summed E-state index contributed by atoms with van der Waals surface area (Å²) in [5.41, 5.74) is 1.42. The summed E-state index contributed by atoms with van der Waals surface area (Å²) in [7, 11) is 1.69. The Balaban J connectivity index is 1.88. The highest BCUT2D eigenvalue weighted by Gasteiger charge is 2.34. The number of aryl methyl sites for hydroxylation is 1. The number of aromatic nitrogens is 1. The molecule has 4 nitrogen and oxygen atoms in total. The third-order valence-corrected chi connectivity index (χ3v) is 4.60. The molecular formula is C19H22N2O2. The van der Waals surface area contributed by atoms with Crippen LogP contribution in [0.15, 0.2) is 53.5 Å². The average Bonchev–Trinajstić information content (AvgIpc) is 3.40. The Morgan fingerprint density at radius 1 is 1.26 bits per heavy atom. The van der Waals surface area contributed by atoms with Crippen LogP contribution in [0.2, 0.25) is 0 Å². The fourth-order valence-electron chi connectivity index (χ4n) is 2.86. The van der Waals surface area contributed by atoms with Crippen LogP contribution in [0.5, 0.6) is 0 Å². The quantitative estimate of drug-likeness (QED) is 0.852. The number of carbonyl (C=O) groups excluding carboxylic acids is 1. The normalized spacial score (nSPS) is 15.2. The zero-order valence-corrected chi connectivity index (χ0v) is 13.6. The van der Waals surface area contributed by atoms with Gasteiger partial charge in [-0.25, -0.2) is 0 Å². The topological polar surface area (TPSA) is 42.3 Å². The molecule has 1 unspecified atom stereocenters. The Hall–Kier alpha value is -2.36. The summed E-state index contributed by atoms with van der Waals surface area (Å²) < 4.78 is 1.47. The number of rotatable bonds is 5. The van der Waals surface area contributed by atoms with Crippen molar-refractivity contribution in [3.8, 4) is 0 Å². The summed E-state index contributed by atoms with van der Waals surface area (Å²) in [5, 5.41) is 0. The van der Waals surface area contributed by atoms with E-state index in [-0.39, 0.29) is 17.5 Å². The van der Waals surface area contributed by atoms with Crippen molar-refractivity contribution in [2.24, 2.45) is 13.0 Å². The molecule has 1 aromatic heterocycles. The molecule has 1 aliphatic carbocycles. The minimum atomic E-state index is -0.158. The second-order valence-corrected chi connectivity index (χ2v) is 6.36. The van der Waals surface area contributed by atoms with Crippen LogP contribution in [0.25, 0.3) is 0 Å². The SMILES string of the molecule is CC(C1CC1)N(Cc1ccccc1)C(=O)c1ccn(C)c(=O)c1. The number of amides is 1. The molecule has 23 heavy (non-hydrogen) atoms. The number of benzene rings is 1. The lowest BCUT2D eigenvalue weighted by molar-refractivity contribution is 0.0654. The molecular weight excluding hydrogens is 288 g/mol. The molecule has 0 N–H and O–H groups in total. The Morgan fingerprint density at radius 2 is 1.96 bits per heavy atom. The highest BCUT2D eigenvalue weighted by Crippen LogP contribution is 2.36. The number of pyridine rings is 1. The van der Waals surface area contributed by atoms with Crippen LogP contribution in [-0.2, 0) is 13.6 Å². The predicted octanol–water partition coefficient (Wildman–Crippen LogP) is 2.83. The fourth-order valence-corrected chi connectivity index (χ4v) is 2.86. The van der Waals surface area contributed by atoms with Crippen molar-refractivity contribution >= 4 is 5.91 Å². The molecule has 0 spiro atoms. The van der Waals surface area contributed by atoms with E-state index < -0.39 is 0 Å².